The van der Waals surface area contributed by atoms with Crippen LogP contribution in [0.25, 0.3) is 0 Å². The highest BCUT2D eigenvalue weighted by Crippen LogP contribution is 2.10. The van der Waals surface area contributed by atoms with Crippen molar-refractivity contribution in [1.82, 2.24) is 14.9 Å². The highest BCUT2D eigenvalue weighted by Gasteiger charge is 2.27. The minimum absolute atomic E-state index is 0.0187. The Bertz CT molecular complexity index is 407. The first-order valence-electron chi connectivity index (χ1n) is 5.08. The molecule has 2 rings (SSSR count). The van der Waals surface area contributed by atoms with Crippen LogP contribution in [0.2, 0.25) is 0 Å². The molecule has 0 aromatic carbocycles. The van der Waals surface area contributed by atoms with Crippen molar-refractivity contribution in [2.45, 2.75) is 25.8 Å². The minimum atomic E-state index is -0.235. The lowest BCUT2D eigenvalue weighted by molar-refractivity contribution is -0.120. The van der Waals surface area contributed by atoms with Crippen LogP contribution in [0.1, 0.15) is 25.6 Å². The van der Waals surface area contributed by atoms with E-state index < -0.39 is 0 Å². The molecular weight excluding hydrogens is 192 g/mol. The summed E-state index contributed by atoms with van der Waals surface area (Å²) in [6, 6.07) is -0.235. The number of hydrogen-bond acceptors (Lipinski definition) is 3. The standard InChI is InChI=1S/C10H14N4O/c1-3-4-7-10(15)13-8(12-7)9-11-5-6-14(9)2/h5-7H,3-4H2,1-2H3,(H,12,13,15). The normalized spacial score (nSPS) is 20.3. The maximum absolute atomic E-state index is 11.5. The molecule has 0 spiro atoms. The van der Waals surface area contributed by atoms with E-state index in [0.29, 0.717) is 11.7 Å². The highest BCUT2D eigenvalue weighted by atomic mass is 16.2. The van der Waals surface area contributed by atoms with Gasteiger partial charge in [0, 0.05) is 19.4 Å². The van der Waals surface area contributed by atoms with Gasteiger partial charge in [0.1, 0.15) is 6.04 Å². The fourth-order valence-corrected chi connectivity index (χ4v) is 1.62. The quantitative estimate of drug-likeness (QED) is 0.781. The maximum Gasteiger partial charge on any atom is 0.250 e. The summed E-state index contributed by atoms with van der Waals surface area (Å²) in [4.78, 5) is 20.0. The zero-order chi connectivity index (χ0) is 10.8. The predicted octanol–water partition coefficient (Wildman–Crippen LogP) is 0.465. The molecule has 1 aromatic heterocycles. The van der Waals surface area contributed by atoms with Crippen LogP contribution in [0.3, 0.4) is 0 Å². The van der Waals surface area contributed by atoms with Crippen LogP contribution < -0.4 is 5.32 Å². The molecule has 1 atom stereocenters. The number of aryl methyl sites for hydroxylation is 1. The van der Waals surface area contributed by atoms with Crippen molar-refractivity contribution in [3.05, 3.63) is 18.2 Å². The zero-order valence-electron chi connectivity index (χ0n) is 8.90. The van der Waals surface area contributed by atoms with E-state index in [1.807, 2.05) is 24.7 Å². The van der Waals surface area contributed by atoms with Gasteiger partial charge in [-0.25, -0.2) is 4.98 Å². The molecule has 80 valence electrons. The monoisotopic (exact) mass is 206 g/mol. The van der Waals surface area contributed by atoms with Gasteiger partial charge in [0.2, 0.25) is 5.91 Å². The van der Waals surface area contributed by atoms with Crippen LogP contribution in [0.5, 0.6) is 0 Å². The van der Waals surface area contributed by atoms with E-state index in [1.165, 1.54) is 0 Å². The first kappa shape index (κ1) is 9.89. The third kappa shape index (κ3) is 1.77. The number of rotatable bonds is 3. The molecule has 1 aliphatic rings. The van der Waals surface area contributed by atoms with Gasteiger partial charge < -0.3 is 9.88 Å². The van der Waals surface area contributed by atoms with Gasteiger partial charge in [-0.3, -0.25) is 9.79 Å². The highest BCUT2D eigenvalue weighted by molar-refractivity contribution is 6.12. The van der Waals surface area contributed by atoms with E-state index in [0.717, 1.165) is 12.8 Å². The Balaban J connectivity index is 2.22. The molecule has 0 bridgehead atoms. The summed E-state index contributed by atoms with van der Waals surface area (Å²) in [5.41, 5.74) is 0. The van der Waals surface area contributed by atoms with E-state index in [9.17, 15) is 4.79 Å². The van der Waals surface area contributed by atoms with Gasteiger partial charge in [-0.2, -0.15) is 0 Å². The Kier molecular flexibility index (Phi) is 2.53. The van der Waals surface area contributed by atoms with Gasteiger partial charge in [-0.05, 0) is 6.42 Å². The fraction of sp³-hybridized carbons (Fsp3) is 0.500. The van der Waals surface area contributed by atoms with Gasteiger partial charge in [0.05, 0.1) is 0 Å². The topological polar surface area (TPSA) is 59.3 Å². The average Bonchev–Trinajstić information content (AvgIpc) is 2.75. The average molecular weight is 206 g/mol. The summed E-state index contributed by atoms with van der Waals surface area (Å²) in [7, 11) is 1.88. The molecule has 15 heavy (non-hydrogen) atoms. The number of nitrogens with zero attached hydrogens (tertiary/aromatic N) is 3. The van der Waals surface area contributed by atoms with Crippen LogP contribution in [-0.4, -0.2) is 27.3 Å². The lowest BCUT2D eigenvalue weighted by Crippen LogP contribution is -2.30. The summed E-state index contributed by atoms with van der Waals surface area (Å²) in [6.45, 7) is 2.04. The summed E-state index contributed by atoms with van der Waals surface area (Å²) < 4.78 is 1.84. The van der Waals surface area contributed by atoms with Crippen LogP contribution in [0, 0.1) is 0 Å². The van der Waals surface area contributed by atoms with Crippen LogP contribution in [-0.2, 0) is 11.8 Å². The number of amidine groups is 1. The summed E-state index contributed by atoms with van der Waals surface area (Å²) >= 11 is 0. The van der Waals surface area contributed by atoms with Crippen molar-refractivity contribution >= 4 is 11.7 Å². The smallest absolute Gasteiger partial charge is 0.250 e. The van der Waals surface area contributed by atoms with Gasteiger partial charge in [0.15, 0.2) is 11.7 Å². The van der Waals surface area contributed by atoms with Crippen LogP contribution >= 0.6 is 0 Å². The molecule has 0 saturated carbocycles. The number of nitrogens with one attached hydrogen (secondary N) is 1. The van der Waals surface area contributed by atoms with Gasteiger partial charge >= 0.3 is 0 Å². The minimum Gasteiger partial charge on any atom is -0.331 e. The molecule has 1 aromatic rings. The lowest BCUT2D eigenvalue weighted by Gasteiger charge is -1.99. The van der Waals surface area contributed by atoms with Gasteiger partial charge in [-0.1, -0.05) is 13.3 Å². The lowest BCUT2D eigenvalue weighted by atomic mass is 10.2. The number of imidazole rings is 1. The van der Waals surface area contributed by atoms with E-state index in [2.05, 4.69) is 15.3 Å². The Morgan fingerprint density at radius 2 is 2.40 bits per heavy atom. The van der Waals surface area contributed by atoms with Crippen molar-refractivity contribution in [1.29, 1.82) is 0 Å². The molecule has 5 heteroatoms. The Hall–Kier alpha value is -1.65. The molecule has 0 radical (unpaired) electrons. The van der Waals surface area contributed by atoms with E-state index in [4.69, 9.17) is 0 Å². The van der Waals surface area contributed by atoms with E-state index in [1.54, 1.807) is 6.20 Å². The largest absolute Gasteiger partial charge is 0.331 e. The van der Waals surface area contributed by atoms with Gasteiger partial charge in [-0.15, -0.1) is 0 Å². The van der Waals surface area contributed by atoms with Crippen molar-refractivity contribution in [2.24, 2.45) is 12.0 Å². The molecule has 0 saturated heterocycles. The molecule has 1 unspecified atom stereocenters. The van der Waals surface area contributed by atoms with Crippen LogP contribution in [0.15, 0.2) is 17.4 Å². The molecular formula is C10H14N4O. The van der Waals surface area contributed by atoms with E-state index >= 15 is 0 Å². The number of aromatic nitrogens is 2. The second-order valence-corrected chi connectivity index (χ2v) is 3.63. The number of amides is 1. The molecule has 1 amide bonds. The van der Waals surface area contributed by atoms with Crippen molar-refractivity contribution in [2.75, 3.05) is 0 Å². The van der Waals surface area contributed by atoms with Crippen molar-refractivity contribution < 1.29 is 4.79 Å². The maximum atomic E-state index is 11.5. The van der Waals surface area contributed by atoms with Crippen molar-refractivity contribution in [3.8, 4) is 0 Å². The van der Waals surface area contributed by atoms with Gasteiger partial charge in [0.25, 0.3) is 0 Å². The van der Waals surface area contributed by atoms with Crippen molar-refractivity contribution in [3.63, 3.8) is 0 Å². The fourth-order valence-electron chi connectivity index (χ4n) is 1.62. The van der Waals surface area contributed by atoms with Crippen LogP contribution in [0.4, 0.5) is 0 Å². The molecule has 1 N–H and O–H groups in total. The number of carbonyl (C=O) groups is 1. The Morgan fingerprint density at radius 3 is 3.00 bits per heavy atom. The summed E-state index contributed by atoms with van der Waals surface area (Å²) in [5, 5.41) is 2.76. The SMILES string of the molecule is CCCC1N=C(c2nccn2C)NC1=O. The molecule has 5 nitrogen and oxygen atoms in total. The second kappa shape index (κ2) is 3.84. The first-order valence-corrected chi connectivity index (χ1v) is 5.08. The molecule has 1 aliphatic heterocycles. The second-order valence-electron chi connectivity index (χ2n) is 3.63. The summed E-state index contributed by atoms with van der Waals surface area (Å²) in [6.07, 6.45) is 5.27. The Morgan fingerprint density at radius 1 is 1.60 bits per heavy atom. The molecule has 2 heterocycles. The molecule has 0 aliphatic carbocycles. The Labute approximate surface area is 88.2 Å². The first-order chi connectivity index (χ1) is 7.22. The number of hydrogen-bond donors (Lipinski definition) is 1. The third-order valence-corrected chi connectivity index (χ3v) is 2.42. The number of aliphatic imine (C=N–C) groups is 1. The predicted molar refractivity (Wildman–Crippen MR) is 56.6 cm³/mol. The molecule has 0 fully saturated rings. The number of carbonyl (C=O) groups excluding carboxylic acids is 1. The van der Waals surface area contributed by atoms with E-state index in [-0.39, 0.29) is 11.9 Å². The third-order valence-electron chi connectivity index (χ3n) is 2.42. The zero-order valence-corrected chi connectivity index (χ0v) is 8.90. The summed E-state index contributed by atoms with van der Waals surface area (Å²) in [5.74, 6) is 1.28.